The highest BCUT2D eigenvalue weighted by Gasteiger charge is 2.43. The molecule has 0 spiro atoms. The summed E-state index contributed by atoms with van der Waals surface area (Å²) >= 11 is 5.92. The van der Waals surface area contributed by atoms with Gasteiger partial charge in [-0.1, -0.05) is 11.6 Å². The minimum atomic E-state index is -3.76. The lowest BCUT2D eigenvalue weighted by atomic mass is 9.98. The Morgan fingerprint density at radius 3 is 2.62 bits per heavy atom. The summed E-state index contributed by atoms with van der Waals surface area (Å²) in [5, 5.41) is 11.8. The number of esters is 1. The van der Waals surface area contributed by atoms with Crippen LogP contribution in [0.2, 0.25) is 5.02 Å². The number of hydrogen-bond acceptors (Lipinski definition) is 6. The molecule has 1 saturated carbocycles. The Bertz CT molecular complexity index is 876. The van der Waals surface area contributed by atoms with Crippen molar-refractivity contribution in [1.82, 2.24) is 10.0 Å². The maximum Gasteiger partial charge on any atom is 0.340 e. The molecule has 1 aliphatic rings. The van der Waals surface area contributed by atoms with Crippen molar-refractivity contribution in [1.29, 1.82) is 5.26 Å². The SMILES string of the molecule is CNS(=O)(=O)c1ccc(Cl)c(C(=O)OCC(=O)N[C@](C)(C#N)C2CC2)c1. The summed E-state index contributed by atoms with van der Waals surface area (Å²) in [6.45, 7) is 1.01. The molecular formula is C16H18ClN3O5S. The Hall–Kier alpha value is -2.15. The zero-order valence-electron chi connectivity index (χ0n) is 14.2. The zero-order chi connectivity index (χ0) is 19.5. The average molecular weight is 400 g/mol. The molecule has 1 fully saturated rings. The molecule has 0 radical (unpaired) electrons. The van der Waals surface area contributed by atoms with Gasteiger partial charge in [0.2, 0.25) is 10.0 Å². The van der Waals surface area contributed by atoms with Crippen molar-refractivity contribution in [3.8, 4) is 6.07 Å². The third kappa shape index (κ3) is 4.52. The largest absolute Gasteiger partial charge is 0.452 e. The standard InChI is InChI=1S/C16H18ClN3O5S/c1-16(9-18,10-3-4-10)20-14(21)8-25-15(22)12-7-11(5-6-13(12)17)26(23,24)19-2/h5-7,10,19H,3-4,8H2,1-2H3,(H,20,21)/t16-/m1/s1. The van der Waals surface area contributed by atoms with Gasteiger partial charge in [-0.15, -0.1) is 0 Å². The van der Waals surface area contributed by atoms with Crippen molar-refractivity contribution < 1.29 is 22.7 Å². The van der Waals surface area contributed by atoms with E-state index in [4.69, 9.17) is 16.3 Å². The van der Waals surface area contributed by atoms with Crippen LogP contribution in [-0.2, 0) is 19.6 Å². The predicted molar refractivity (Wildman–Crippen MR) is 92.9 cm³/mol. The fraction of sp³-hybridized carbons (Fsp3) is 0.438. The number of hydrogen-bond donors (Lipinski definition) is 2. The summed E-state index contributed by atoms with van der Waals surface area (Å²) < 4.78 is 30.6. The Labute approximate surface area is 156 Å². The number of amides is 1. The minimum Gasteiger partial charge on any atom is -0.452 e. The first-order chi connectivity index (χ1) is 12.1. The van der Waals surface area contributed by atoms with E-state index in [1.165, 1.54) is 19.2 Å². The Morgan fingerprint density at radius 2 is 2.08 bits per heavy atom. The first-order valence-electron chi connectivity index (χ1n) is 7.75. The Morgan fingerprint density at radius 1 is 1.42 bits per heavy atom. The molecule has 2 rings (SSSR count). The molecule has 0 saturated heterocycles. The summed E-state index contributed by atoms with van der Waals surface area (Å²) in [6, 6.07) is 5.62. The zero-order valence-corrected chi connectivity index (χ0v) is 15.8. The third-order valence-electron chi connectivity index (χ3n) is 4.10. The highest BCUT2D eigenvalue weighted by atomic mass is 35.5. The average Bonchev–Trinajstić information content (AvgIpc) is 3.45. The lowest BCUT2D eigenvalue weighted by Crippen LogP contribution is -2.48. The maximum absolute atomic E-state index is 12.2. The monoisotopic (exact) mass is 399 g/mol. The van der Waals surface area contributed by atoms with E-state index in [0.717, 1.165) is 18.9 Å². The fourth-order valence-electron chi connectivity index (χ4n) is 2.36. The van der Waals surface area contributed by atoms with Crippen LogP contribution in [0, 0.1) is 17.2 Å². The molecule has 0 bridgehead atoms. The van der Waals surface area contributed by atoms with E-state index in [-0.39, 0.29) is 21.4 Å². The van der Waals surface area contributed by atoms with Gasteiger partial charge in [-0.25, -0.2) is 17.9 Å². The van der Waals surface area contributed by atoms with Gasteiger partial charge in [0.05, 0.1) is 21.6 Å². The molecule has 1 aromatic carbocycles. The number of ether oxygens (including phenoxy) is 1. The summed E-state index contributed by atoms with van der Waals surface area (Å²) in [7, 11) is -2.53. The normalized spacial score (nSPS) is 16.2. The van der Waals surface area contributed by atoms with Crippen LogP contribution in [0.1, 0.15) is 30.1 Å². The second-order valence-electron chi connectivity index (χ2n) is 6.06. The van der Waals surface area contributed by atoms with Crippen molar-refractivity contribution in [2.24, 2.45) is 5.92 Å². The number of nitrogens with one attached hydrogen (secondary N) is 2. The molecule has 0 aliphatic heterocycles. The van der Waals surface area contributed by atoms with Gasteiger partial charge in [0.1, 0.15) is 5.54 Å². The number of rotatable bonds is 7. The van der Waals surface area contributed by atoms with Gasteiger partial charge < -0.3 is 10.1 Å². The van der Waals surface area contributed by atoms with E-state index in [1.807, 2.05) is 0 Å². The van der Waals surface area contributed by atoms with Gasteiger partial charge in [0.25, 0.3) is 5.91 Å². The van der Waals surface area contributed by atoms with Crippen LogP contribution in [0.25, 0.3) is 0 Å². The van der Waals surface area contributed by atoms with Crippen molar-refractivity contribution in [2.75, 3.05) is 13.7 Å². The van der Waals surface area contributed by atoms with Crippen LogP contribution < -0.4 is 10.0 Å². The second kappa shape index (κ2) is 7.61. The first kappa shape index (κ1) is 20.2. The molecule has 10 heteroatoms. The molecule has 0 aromatic heterocycles. The van der Waals surface area contributed by atoms with Crippen LogP contribution in [-0.4, -0.2) is 39.5 Å². The first-order valence-corrected chi connectivity index (χ1v) is 9.61. The molecule has 1 aromatic rings. The molecule has 8 nitrogen and oxygen atoms in total. The van der Waals surface area contributed by atoms with Gasteiger partial charge in [-0.05, 0) is 50.9 Å². The molecular weight excluding hydrogens is 382 g/mol. The summed E-state index contributed by atoms with van der Waals surface area (Å²) in [5.74, 6) is -1.47. The van der Waals surface area contributed by atoms with Gasteiger partial charge in [-0.2, -0.15) is 5.26 Å². The third-order valence-corrected chi connectivity index (χ3v) is 5.84. The molecule has 1 aliphatic carbocycles. The van der Waals surface area contributed by atoms with Crippen LogP contribution in [0.15, 0.2) is 23.1 Å². The van der Waals surface area contributed by atoms with Crippen LogP contribution in [0.4, 0.5) is 0 Å². The van der Waals surface area contributed by atoms with E-state index in [0.29, 0.717) is 0 Å². The quantitative estimate of drug-likeness (QED) is 0.664. The van der Waals surface area contributed by atoms with E-state index in [2.05, 4.69) is 16.1 Å². The fourth-order valence-corrected chi connectivity index (χ4v) is 3.31. The number of sulfonamides is 1. The van der Waals surface area contributed by atoms with E-state index in [9.17, 15) is 23.3 Å². The van der Waals surface area contributed by atoms with Crippen LogP contribution in [0.3, 0.4) is 0 Å². The van der Waals surface area contributed by atoms with Gasteiger partial charge in [0, 0.05) is 0 Å². The molecule has 0 heterocycles. The van der Waals surface area contributed by atoms with E-state index in [1.54, 1.807) is 6.92 Å². The highest BCUT2D eigenvalue weighted by Crippen LogP contribution is 2.39. The summed E-state index contributed by atoms with van der Waals surface area (Å²) in [5.41, 5.74) is -1.18. The number of benzene rings is 1. The van der Waals surface area contributed by atoms with Crippen LogP contribution in [0.5, 0.6) is 0 Å². The second-order valence-corrected chi connectivity index (χ2v) is 8.36. The molecule has 26 heavy (non-hydrogen) atoms. The number of carbonyl (C=O) groups is 2. The van der Waals surface area contributed by atoms with Crippen molar-refractivity contribution in [3.05, 3.63) is 28.8 Å². The van der Waals surface area contributed by atoms with Gasteiger partial charge in [0.15, 0.2) is 6.61 Å². The molecule has 2 N–H and O–H groups in total. The molecule has 140 valence electrons. The van der Waals surface area contributed by atoms with Gasteiger partial charge >= 0.3 is 5.97 Å². The predicted octanol–water partition coefficient (Wildman–Crippen LogP) is 1.21. The number of nitrogens with zero attached hydrogens (tertiary/aromatic N) is 1. The minimum absolute atomic E-state index is 0.00898. The topological polar surface area (TPSA) is 125 Å². The highest BCUT2D eigenvalue weighted by molar-refractivity contribution is 7.89. The summed E-state index contributed by atoms with van der Waals surface area (Å²) in [4.78, 5) is 24.0. The Kier molecular flexibility index (Phi) is 5.91. The van der Waals surface area contributed by atoms with E-state index >= 15 is 0 Å². The maximum atomic E-state index is 12.2. The van der Waals surface area contributed by atoms with Crippen molar-refractivity contribution >= 4 is 33.5 Å². The lowest BCUT2D eigenvalue weighted by molar-refractivity contribution is -0.125. The van der Waals surface area contributed by atoms with Gasteiger partial charge in [-0.3, -0.25) is 4.79 Å². The van der Waals surface area contributed by atoms with E-state index < -0.39 is 34.0 Å². The number of halogens is 1. The molecule has 0 unspecified atom stereocenters. The van der Waals surface area contributed by atoms with Crippen molar-refractivity contribution in [3.63, 3.8) is 0 Å². The lowest BCUT2D eigenvalue weighted by Gasteiger charge is -2.22. The summed E-state index contributed by atoms with van der Waals surface area (Å²) in [6.07, 6.45) is 1.71. The molecule has 1 atom stereocenters. The van der Waals surface area contributed by atoms with Crippen molar-refractivity contribution in [2.45, 2.75) is 30.2 Å². The smallest absolute Gasteiger partial charge is 0.340 e. The Balaban J connectivity index is 2.05. The van der Waals surface area contributed by atoms with Crippen LogP contribution >= 0.6 is 11.6 Å². The number of nitriles is 1. The number of carbonyl (C=O) groups excluding carboxylic acids is 2. The molecule has 1 amide bonds.